The minimum atomic E-state index is -5.09. The van der Waals surface area contributed by atoms with Crippen LogP contribution >= 0.6 is 0 Å². The van der Waals surface area contributed by atoms with Crippen molar-refractivity contribution in [2.75, 3.05) is 0 Å². The Morgan fingerprint density at radius 3 is 2.20 bits per heavy atom. The molecule has 2 atom stereocenters. The molecule has 2 N–H and O–H groups in total. The first kappa shape index (κ1) is 16.5. The van der Waals surface area contributed by atoms with Gasteiger partial charge < -0.3 is 10.4 Å². The summed E-state index contributed by atoms with van der Waals surface area (Å²) in [7, 11) is 0. The van der Waals surface area contributed by atoms with Crippen LogP contribution in [0.1, 0.15) is 32.1 Å². The minimum Gasteiger partial charge on any atom is -0.480 e. The van der Waals surface area contributed by atoms with Crippen molar-refractivity contribution in [1.29, 1.82) is 0 Å². The third-order valence-electron chi connectivity index (χ3n) is 3.66. The van der Waals surface area contributed by atoms with Crippen LogP contribution in [-0.2, 0) is 9.59 Å². The lowest BCUT2D eigenvalue weighted by Gasteiger charge is -2.32. The standard InChI is InChI=1S/C13H18F3NO3/c1-2-9(8-6-4-3-5-7-8)10(11(18)19)17-12(20)13(14,15)16/h2,8-10H,1,3-7H2,(H,17,20)(H,18,19)/t9-,10-/m0/s1. The number of carbonyl (C=O) groups excluding carboxylic acids is 1. The summed E-state index contributed by atoms with van der Waals surface area (Å²) in [4.78, 5) is 22.1. The molecule has 0 aromatic carbocycles. The van der Waals surface area contributed by atoms with Crippen LogP contribution in [0.25, 0.3) is 0 Å². The summed E-state index contributed by atoms with van der Waals surface area (Å²) in [5.74, 6) is -4.46. The van der Waals surface area contributed by atoms with Crippen LogP contribution < -0.4 is 5.32 Å². The molecule has 0 spiro atoms. The van der Waals surface area contributed by atoms with E-state index in [1.165, 1.54) is 6.08 Å². The second-order valence-electron chi connectivity index (χ2n) is 5.00. The van der Waals surface area contributed by atoms with E-state index in [0.717, 1.165) is 32.1 Å². The highest BCUT2D eigenvalue weighted by molar-refractivity contribution is 5.87. The molecule has 4 nitrogen and oxygen atoms in total. The van der Waals surface area contributed by atoms with Gasteiger partial charge in [0.2, 0.25) is 0 Å². The van der Waals surface area contributed by atoms with Gasteiger partial charge >= 0.3 is 18.1 Å². The highest BCUT2D eigenvalue weighted by Crippen LogP contribution is 2.33. The average Bonchev–Trinajstić information content (AvgIpc) is 2.38. The van der Waals surface area contributed by atoms with Crippen LogP contribution in [0, 0.1) is 11.8 Å². The summed E-state index contributed by atoms with van der Waals surface area (Å²) in [6.07, 6.45) is 0.582. The van der Waals surface area contributed by atoms with Crippen molar-refractivity contribution in [2.45, 2.75) is 44.3 Å². The number of hydrogen-bond acceptors (Lipinski definition) is 2. The molecular weight excluding hydrogens is 275 g/mol. The van der Waals surface area contributed by atoms with Crippen molar-refractivity contribution in [2.24, 2.45) is 11.8 Å². The van der Waals surface area contributed by atoms with Gasteiger partial charge in [0.15, 0.2) is 0 Å². The van der Waals surface area contributed by atoms with Gasteiger partial charge in [-0.1, -0.05) is 25.3 Å². The normalized spacial score (nSPS) is 19.9. The number of rotatable bonds is 5. The Morgan fingerprint density at radius 1 is 1.25 bits per heavy atom. The van der Waals surface area contributed by atoms with E-state index in [9.17, 15) is 22.8 Å². The van der Waals surface area contributed by atoms with Crippen LogP contribution in [0.5, 0.6) is 0 Å². The molecular formula is C13H18F3NO3. The molecule has 1 fully saturated rings. The summed E-state index contributed by atoms with van der Waals surface area (Å²) in [6, 6.07) is -1.59. The Kier molecular flexibility index (Phi) is 5.59. The lowest BCUT2D eigenvalue weighted by Crippen LogP contribution is -2.51. The molecule has 0 bridgehead atoms. The Morgan fingerprint density at radius 2 is 1.80 bits per heavy atom. The summed E-state index contributed by atoms with van der Waals surface area (Å²) in [6.45, 7) is 3.51. The number of aliphatic carboxylic acids is 1. The fourth-order valence-corrected chi connectivity index (χ4v) is 2.67. The maximum Gasteiger partial charge on any atom is 0.471 e. The molecule has 7 heteroatoms. The Balaban J connectivity index is 2.84. The number of carboxylic acid groups (broad SMARTS) is 1. The number of amides is 1. The Bertz CT molecular complexity index is 376. The zero-order chi connectivity index (χ0) is 15.3. The van der Waals surface area contributed by atoms with Crippen LogP contribution in [0.15, 0.2) is 12.7 Å². The lowest BCUT2D eigenvalue weighted by molar-refractivity contribution is -0.176. The molecule has 0 aromatic heterocycles. The van der Waals surface area contributed by atoms with E-state index >= 15 is 0 Å². The fraction of sp³-hybridized carbons (Fsp3) is 0.692. The fourth-order valence-electron chi connectivity index (χ4n) is 2.67. The summed E-state index contributed by atoms with van der Waals surface area (Å²) in [5, 5.41) is 10.7. The van der Waals surface area contributed by atoms with Crippen molar-refractivity contribution in [3.63, 3.8) is 0 Å². The van der Waals surface area contributed by atoms with Gasteiger partial charge in [0, 0.05) is 5.92 Å². The monoisotopic (exact) mass is 293 g/mol. The van der Waals surface area contributed by atoms with Gasteiger partial charge in [0.25, 0.3) is 0 Å². The van der Waals surface area contributed by atoms with E-state index in [-0.39, 0.29) is 5.92 Å². The number of carboxylic acids is 1. The number of nitrogens with one attached hydrogen (secondary N) is 1. The smallest absolute Gasteiger partial charge is 0.471 e. The van der Waals surface area contributed by atoms with Gasteiger partial charge in [-0.05, 0) is 18.8 Å². The number of halogens is 3. The summed E-state index contributed by atoms with van der Waals surface area (Å²) in [5.41, 5.74) is 0. The highest BCUT2D eigenvalue weighted by Gasteiger charge is 2.43. The molecule has 0 heterocycles. The highest BCUT2D eigenvalue weighted by atomic mass is 19.4. The maximum absolute atomic E-state index is 12.3. The second kappa shape index (κ2) is 6.76. The first-order chi connectivity index (χ1) is 9.27. The molecule has 1 saturated carbocycles. The third-order valence-corrected chi connectivity index (χ3v) is 3.66. The maximum atomic E-state index is 12.3. The molecule has 0 aliphatic heterocycles. The van der Waals surface area contributed by atoms with E-state index in [0.29, 0.717) is 0 Å². The molecule has 0 radical (unpaired) electrons. The van der Waals surface area contributed by atoms with Crippen LogP contribution in [0.2, 0.25) is 0 Å². The van der Waals surface area contributed by atoms with Gasteiger partial charge in [-0.3, -0.25) is 4.79 Å². The summed E-state index contributed by atoms with van der Waals surface area (Å²) < 4.78 is 36.8. The minimum absolute atomic E-state index is 0.0594. The van der Waals surface area contributed by atoms with Crippen molar-refractivity contribution in [1.82, 2.24) is 5.32 Å². The average molecular weight is 293 g/mol. The molecule has 1 amide bonds. The van der Waals surface area contributed by atoms with E-state index in [1.54, 1.807) is 5.32 Å². The number of carbonyl (C=O) groups is 2. The third kappa shape index (κ3) is 4.25. The molecule has 1 rings (SSSR count). The lowest BCUT2D eigenvalue weighted by atomic mass is 9.76. The molecule has 0 saturated heterocycles. The quantitative estimate of drug-likeness (QED) is 0.765. The number of alkyl halides is 3. The second-order valence-corrected chi connectivity index (χ2v) is 5.00. The van der Waals surface area contributed by atoms with Gasteiger partial charge in [-0.15, -0.1) is 6.58 Å². The van der Waals surface area contributed by atoms with Crippen molar-refractivity contribution in [3.8, 4) is 0 Å². The zero-order valence-corrected chi connectivity index (χ0v) is 10.9. The first-order valence-electron chi connectivity index (χ1n) is 6.50. The van der Waals surface area contributed by atoms with Crippen molar-refractivity contribution >= 4 is 11.9 Å². The van der Waals surface area contributed by atoms with Crippen LogP contribution in [0.3, 0.4) is 0 Å². The Hall–Kier alpha value is -1.53. The largest absolute Gasteiger partial charge is 0.480 e. The molecule has 1 aliphatic carbocycles. The number of hydrogen-bond donors (Lipinski definition) is 2. The molecule has 114 valence electrons. The van der Waals surface area contributed by atoms with Crippen LogP contribution in [-0.4, -0.2) is 29.2 Å². The van der Waals surface area contributed by atoms with Gasteiger partial charge in [-0.2, -0.15) is 13.2 Å². The van der Waals surface area contributed by atoms with E-state index in [4.69, 9.17) is 5.11 Å². The predicted molar refractivity (Wildman–Crippen MR) is 65.9 cm³/mol. The first-order valence-corrected chi connectivity index (χ1v) is 6.50. The van der Waals surface area contributed by atoms with E-state index in [2.05, 4.69) is 6.58 Å². The summed E-state index contributed by atoms with van der Waals surface area (Å²) >= 11 is 0. The molecule has 1 aliphatic rings. The van der Waals surface area contributed by atoms with Crippen molar-refractivity contribution < 1.29 is 27.9 Å². The Labute approximate surface area is 115 Å². The van der Waals surface area contributed by atoms with E-state index < -0.39 is 30.0 Å². The van der Waals surface area contributed by atoms with Gasteiger partial charge in [-0.25, -0.2) is 4.79 Å². The van der Waals surface area contributed by atoms with Gasteiger partial charge in [0.05, 0.1) is 0 Å². The topological polar surface area (TPSA) is 66.4 Å². The van der Waals surface area contributed by atoms with E-state index in [1.807, 2.05) is 0 Å². The zero-order valence-electron chi connectivity index (χ0n) is 10.9. The van der Waals surface area contributed by atoms with Crippen molar-refractivity contribution in [3.05, 3.63) is 12.7 Å². The molecule has 0 unspecified atom stereocenters. The van der Waals surface area contributed by atoms with Crippen LogP contribution in [0.4, 0.5) is 13.2 Å². The van der Waals surface area contributed by atoms with Gasteiger partial charge in [0.1, 0.15) is 6.04 Å². The SMILES string of the molecule is C=C[C@@H](C1CCCCC1)[C@H](NC(=O)C(F)(F)F)C(=O)O. The molecule has 20 heavy (non-hydrogen) atoms. The predicted octanol–water partition coefficient (Wildman–Crippen LogP) is 2.50. The molecule has 0 aromatic rings.